The Bertz CT molecular complexity index is 673. The average Bonchev–Trinajstić information content (AvgIpc) is 2.59. The van der Waals surface area contributed by atoms with Crippen LogP contribution < -0.4 is 5.32 Å². The third kappa shape index (κ3) is 4.47. The predicted octanol–water partition coefficient (Wildman–Crippen LogP) is 1.56. The van der Waals surface area contributed by atoms with Gasteiger partial charge in [-0.25, -0.2) is 8.42 Å². The molecule has 1 amide bonds. The van der Waals surface area contributed by atoms with Crippen molar-refractivity contribution in [2.45, 2.75) is 31.2 Å². The van der Waals surface area contributed by atoms with E-state index in [1.807, 2.05) is 18.7 Å². The van der Waals surface area contributed by atoms with Gasteiger partial charge in [0.15, 0.2) is 0 Å². The van der Waals surface area contributed by atoms with E-state index in [-0.39, 0.29) is 16.8 Å². The Hall–Kier alpha value is -1.15. The van der Waals surface area contributed by atoms with E-state index in [0.29, 0.717) is 37.7 Å². The Labute approximate surface area is 148 Å². The van der Waals surface area contributed by atoms with Crippen LogP contribution >= 0.6 is 11.6 Å². The number of sulfonamides is 1. The molecule has 8 heteroatoms. The van der Waals surface area contributed by atoms with E-state index in [2.05, 4.69) is 5.32 Å². The molecule has 1 saturated heterocycles. The van der Waals surface area contributed by atoms with Gasteiger partial charge >= 0.3 is 0 Å². The van der Waals surface area contributed by atoms with Gasteiger partial charge < -0.3 is 5.32 Å². The summed E-state index contributed by atoms with van der Waals surface area (Å²) in [6, 6.07) is 6.03. The Kier molecular flexibility index (Phi) is 6.62. The number of benzene rings is 1. The zero-order chi connectivity index (χ0) is 17.7. The summed E-state index contributed by atoms with van der Waals surface area (Å²) in [5.74, 6) is -0.0111. The van der Waals surface area contributed by atoms with Crippen LogP contribution in [0.25, 0.3) is 0 Å². The van der Waals surface area contributed by atoms with E-state index in [1.54, 1.807) is 18.2 Å². The molecular weight excluding hydrogens is 350 g/mol. The monoisotopic (exact) mass is 373 g/mol. The Balaban J connectivity index is 1.98. The molecule has 1 aromatic rings. The van der Waals surface area contributed by atoms with Crippen molar-refractivity contribution in [1.29, 1.82) is 0 Å². The molecule has 1 fully saturated rings. The van der Waals surface area contributed by atoms with Gasteiger partial charge in [0.2, 0.25) is 15.9 Å². The summed E-state index contributed by atoms with van der Waals surface area (Å²) < 4.78 is 26.8. The predicted molar refractivity (Wildman–Crippen MR) is 94.5 cm³/mol. The number of nitrogens with one attached hydrogen (secondary N) is 1. The number of nitrogens with zero attached hydrogens (tertiary/aromatic N) is 2. The Morgan fingerprint density at radius 3 is 2.54 bits per heavy atom. The van der Waals surface area contributed by atoms with Crippen LogP contribution in [0.15, 0.2) is 29.2 Å². The lowest BCUT2D eigenvalue weighted by Gasteiger charge is -2.36. The van der Waals surface area contributed by atoms with Gasteiger partial charge in [-0.05, 0) is 31.5 Å². The summed E-state index contributed by atoms with van der Waals surface area (Å²) in [5, 5.41) is 3.27. The maximum atomic E-state index is 12.7. The highest BCUT2D eigenvalue weighted by Gasteiger charge is 2.31. The van der Waals surface area contributed by atoms with Crippen molar-refractivity contribution in [2.75, 3.05) is 32.7 Å². The summed E-state index contributed by atoms with van der Waals surface area (Å²) in [6.45, 7) is 6.30. The number of rotatable bonds is 6. The van der Waals surface area contributed by atoms with Crippen molar-refractivity contribution in [3.8, 4) is 0 Å². The van der Waals surface area contributed by atoms with E-state index >= 15 is 0 Å². The molecule has 1 atom stereocenters. The van der Waals surface area contributed by atoms with Crippen molar-refractivity contribution < 1.29 is 13.2 Å². The maximum Gasteiger partial charge on any atom is 0.243 e. The second-order valence-electron chi connectivity index (χ2n) is 5.86. The highest BCUT2D eigenvalue weighted by Crippen LogP contribution is 2.21. The molecule has 0 saturated carbocycles. The van der Waals surface area contributed by atoms with Gasteiger partial charge in [-0.15, -0.1) is 0 Å². The van der Waals surface area contributed by atoms with Crippen LogP contribution in [0.5, 0.6) is 0 Å². The smallest absolute Gasteiger partial charge is 0.243 e. The molecule has 1 N–H and O–H groups in total. The van der Waals surface area contributed by atoms with Crippen LogP contribution in [-0.4, -0.2) is 62.3 Å². The summed E-state index contributed by atoms with van der Waals surface area (Å²) >= 11 is 5.90. The standard InChI is InChI=1S/C16H24ClN3O3S/c1-3-7-18-16(21)13(2)19-8-10-20(11-9-19)24(22,23)15-6-4-5-14(17)12-15/h4-6,12-13H,3,7-11H2,1-2H3,(H,18,21)/t13-/m1/s1. The molecule has 0 aliphatic carbocycles. The van der Waals surface area contributed by atoms with Gasteiger partial charge in [0.05, 0.1) is 10.9 Å². The van der Waals surface area contributed by atoms with E-state index in [9.17, 15) is 13.2 Å². The third-order valence-corrected chi connectivity index (χ3v) is 6.31. The Morgan fingerprint density at radius 1 is 1.29 bits per heavy atom. The van der Waals surface area contributed by atoms with Crippen molar-refractivity contribution in [3.05, 3.63) is 29.3 Å². The first-order chi connectivity index (χ1) is 11.4. The van der Waals surface area contributed by atoms with Gasteiger partial charge in [0.1, 0.15) is 0 Å². The summed E-state index contributed by atoms with van der Waals surface area (Å²) in [7, 11) is -3.55. The lowest BCUT2D eigenvalue weighted by Crippen LogP contribution is -2.54. The first-order valence-corrected chi connectivity index (χ1v) is 9.95. The molecule has 24 heavy (non-hydrogen) atoms. The van der Waals surface area contributed by atoms with E-state index in [4.69, 9.17) is 11.6 Å². The fourth-order valence-corrected chi connectivity index (χ4v) is 4.39. The van der Waals surface area contributed by atoms with Crippen LogP contribution in [0.4, 0.5) is 0 Å². The summed E-state index contributed by atoms with van der Waals surface area (Å²) in [5.41, 5.74) is 0. The highest BCUT2D eigenvalue weighted by atomic mass is 35.5. The molecule has 134 valence electrons. The summed E-state index contributed by atoms with van der Waals surface area (Å²) in [4.78, 5) is 14.3. The number of halogens is 1. The number of hydrogen-bond donors (Lipinski definition) is 1. The SMILES string of the molecule is CCCNC(=O)[C@@H](C)N1CCN(S(=O)(=O)c2cccc(Cl)c2)CC1. The molecule has 0 aromatic heterocycles. The van der Waals surface area contributed by atoms with Crippen molar-refractivity contribution in [2.24, 2.45) is 0 Å². The quantitative estimate of drug-likeness (QED) is 0.821. The van der Waals surface area contributed by atoms with E-state index < -0.39 is 10.0 Å². The number of hydrogen-bond acceptors (Lipinski definition) is 4. The largest absolute Gasteiger partial charge is 0.355 e. The van der Waals surface area contributed by atoms with Gasteiger partial charge in [-0.1, -0.05) is 24.6 Å². The molecule has 0 unspecified atom stereocenters. The maximum absolute atomic E-state index is 12.7. The fourth-order valence-electron chi connectivity index (χ4n) is 2.67. The molecule has 1 heterocycles. The second kappa shape index (κ2) is 8.29. The van der Waals surface area contributed by atoms with Gasteiger partial charge in [0.25, 0.3) is 0 Å². The normalized spacial score (nSPS) is 18.3. The topological polar surface area (TPSA) is 69.7 Å². The minimum absolute atomic E-state index is 0.0111. The highest BCUT2D eigenvalue weighted by molar-refractivity contribution is 7.89. The van der Waals surface area contributed by atoms with Crippen molar-refractivity contribution in [1.82, 2.24) is 14.5 Å². The lowest BCUT2D eigenvalue weighted by molar-refractivity contribution is -0.126. The van der Waals surface area contributed by atoms with Crippen LogP contribution in [0.2, 0.25) is 5.02 Å². The molecule has 0 bridgehead atoms. The molecule has 0 spiro atoms. The van der Waals surface area contributed by atoms with Gasteiger partial charge in [-0.2, -0.15) is 4.31 Å². The minimum Gasteiger partial charge on any atom is -0.355 e. The molecular formula is C16H24ClN3O3S. The fraction of sp³-hybridized carbons (Fsp3) is 0.562. The zero-order valence-electron chi connectivity index (χ0n) is 14.0. The van der Waals surface area contributed by atoms with Crippen LogP contribution in [0.1, 0.15) is 20.3 Å². The summed E-state index contributed by atoms with van der Waals surface area (Å²) in [6.07, 6.45) is 0.893. The van der Waals surface area contributed by atoms with Crippen molar-refractivity contribution in [3.63, 3.8) is 0 Å². The van der Waals surface area contributed by atoms with Gasteiger partial charge in [-0.3, -0.25) is 9.69 Å². The first-order valence-electron chi connectivity index (χ1n) is 8.13. The van der Waals surface area contributed by atoms with Gasteiger partial charge in [0, 0.05) is 37.7 Å². The second-order valence-corrected chi connectivity index (χ2v) is 8.24. The van der Waals surface area contributed by atoms with Crippen LogP contribution in [0.3, 0.4) is 0 Å². The van der Waals surface area contributed by atoms with Crippen LogP contribution in [-0.2, 0) is 14.8 Å². The molecule has 6 nitrogen and oxygen atoms in total. The number of piperazine rings is 1. The van der Waals surface area contributed by atoms with Crippen molar-refractivity contribution >= 4 is 27.5 Å². The number of carbonyl (C=O) groups excluding carboxylic acids is 1. The third-order valence-electron chi connectivity index (χ3n) is 4.18. The molecule has 1 aliphatic rings. The minimum atomic E-state index is -3.55. The average molecular weight is 374 g/mol. The number of amides is 1. The molecule has 2 rings (SSSR count). The number of carbonyl (C=O) groups is 1. The molecule has 1 aliphatic heterocycles. The van der Waals surface area contributed by atoms with E-state index in [0.717, 1.165) is 6.42 Å². The first kappa shape index (κ1) is 19.2. The van der Waals surface area contributed by atoms with E-state index in [1.165, 1.54) is 10.4 Å². The molecule has 1 aromatic carbocycles. The van der Waals surface area contributed by atoms with Crippen LogP contribution in [0, 0.1) is 0 Å². The molecule has 0 radical (unpaired) electrons. The zero-order valence-corrected chi connectivity index (χ0v) is 15.6. The lowest BCUT2D eigenvalue weighted by atomic mass is 10.2. The Morgan fingerprint density at radius 2 is 1.96 bits per heavy atom.